The third-order valence-electron chi connectivity index (χ3n) is 4.65. The minimum Gasteiger partial charge on any atom is -0.295 e. The van der Waals surface area contributed by atoms with Crippen LogP contribution in [0.1, 0.15) is 32.5 Å². The molecule has 1 aliphatic rings. The van der Waals surface area contributed by atoms with Crippen LogP contribution in [0.5, 0.6) is 0 Å². The molecule has 3 rings (SSSR count). The van der Waals surface area contributed by atoms with E-state index in [1.807, 2.05) is 24.3 Å². The third kappa shape index (κ3) is 2.14. The summed E-state index contributed by atoms with van der Waals surface area (Å²) in [5, 5.41) is 0.681. The summed E-state index contributed by atoms with van der Waals surface area (Å²) in [6.07, 6.45) is 2.37. The van der Waals surface area contributed by atoms with Gasteiger partial charge in [0.1, 0.15) is 5.82 Å². The quantitative estimate of drug-likeness (QED) is 0.807. The molecule has 1 aromatic carbocycles. The molecule has 1 saturated carbocycles. The summed E-state index contributed by atoms with van der Waals surface area (Å²) in [6, 6.07) is 7.49. The molecular weight excluding hydrogens is 272 g/mol. The first-order valence-corrected chi connectivity index (χ1v) is 7.65. The SMILES string of the molecule is CC(C)C1(Cn2c(CCl)nc3ccccc3c2=O)CC1. The minimum atomic E-state index is 0.0400. The van der Waals surface area contributed by atoms with Crippen molar-refractivity contribution in [2.45, 2.75) is 39.1 Å². The van der Waals surface area contributed by atoms with Gasteiger partial charge in [0.15, 0.2) is 0 Å². The van der Waals surface area contributed by atoms with Gasteiger partial charge in [-0.3, -0.25) is 9.36 Å². The summed E-state index contributed by atoms with van der Waals surface area (Å²) in [4.78, 5) is 17.3. The Labute approximate surface area is 123 Å². The summed E-state index contributed by atoms with van der Waals surface area (Å²) in [5.74, 6) is 1.53. The maximum Gasteiger partial charge on any atom is 0.261 e. The van der Waals surface area contributed by atoms with Crippen molar-refractivity contribution >= 4 is 22.5 Å². The number of halogens is 1. The van der Waals surface area contributed by atoms with Crippen LogP contribution in [-0.4, -0.2) is 9.55 Å². The number of hydrogen-bond acceptors (Lipinski definition) is 2. The molecule has 0 unspecified atom stereocenters. The highest BCUT2D eigenvalue weighted by molar-refractivity contribution is 6.16. The van der Waals surface area contributed by atoms with E-state index in [0.717, 1.165) is 12.1 Å². The molecule has 0 amide bonds. The van der Waals surface area contributed by atoms with Crippen LogP contribution >= 0.6 is 11.6 Å². The van der Waals surface area contributed by atoms with Gasteiger partial charge in [0.05, 0.1) is 16.8 Å². The number of benzene rings is 1. The van der Waals surface area contributed by atoms with Gasteiger partial charge in [0.25, 0.3) is 5.56 Å². The van der Waals surface area contributed by atoms with Crippen LogP contribution in [-0.2, 0) is 12.4 Å². The lowest BCUT2D eigenvalue weighted by Gasteiger charge is -2.22. The van der Waals surface area contributed by atoms with Gasteiger partial charge in [-0.2, -0.15) is 0 Å². The first-order valence-electron chi connectivity index (χ1n) is 7.12. The highest BCUT2D eigenvalue weighted by Gasteiger charge is 2.46. The molecule has 0 N–H and O–H groups in total. The zero-order valence-electron chi connectivity index (χ0n) is 11.9. The van der Waals surface area contributed by atoms with E-state index in [-0.39, 0.29) is 16.9 Å². The van der Waals surface area contributed by atoms with Crippen LogP contribution in [0.2, 0.25) is 0 Å². The predicted molar refractivity (Wildman–Crippen MR) is 82.1 cm³/mol. The highest BCUT2D eigenvalue weighted by Crippen LogP contribution is 2.53. The van der Waals surface area contributed by atoms with Gasteiger partial charge in [-0.1, -0.05) is 26.0 Å². The second-order valence-electron chi connectivity index (χ2n) is 6.09. The molecule has 106 valence electrons. The molecule has 1 aliphatic carbocycles. The molecule has 1 aromatic heterocycles. The van der Waals surface area contributed by atoms with Crippen LogP contribution in [0.15, 0.2) is 29.1 Å². The monoisotopic (exact) mass is 290 g/mol. The van der Waals surface area contributed by atoms with E-state index >= 15 is 0 Å². The summed E-state index contributed by atoms with van der Waals surface area (Å²) in [6.45, 7) is 5.20. The Bertz CT molecular complexity index is 701. The Hall–Kier alpha value is -1.35. The topological polar surface area (TPSA) is 34.9 Å². The first-order chi connectivity index (χ1) is 9.57. The normalized spacial score (nSPS) is 16.8. The van der Waals surface area contributed by atoms with Gasteiger partial charge in [-0.15, -0.1) is 11.6 Å². The fraction of sp³-hybridized carbons (Fsp3) is 0.500. The second-order valence-corrected chi connectivity index (χ2v) is 6.35. The molecule has 0 bridgehead atoms. The minimum absolute atomic E-state index is 0.0400. The van der Waals surface area contributed by atoms with Crippen LogP contribution in [0, 0.1) is 11.3 Å². The lowest BCUT2D eigenvalue weighted by molar-refractivity contribution is 0.301. The Morgan fingerprint density at radius 1 is 1.35 bits per heavy atom. The van der Waals surface area contributed by atoms with E-state index in [4.69, 9.17) is 11.6 Å². The number of hydrogen-bond donors (Lipinski definition) is 0. The van der Waals surface area contributed by atoms with Crippen LogP contribution in [0.3, 0.4) is 0 Å². The largest absolute Gasteiger partial charge is 0.295 e. The predicted octanol–water partition coefficient (Wildman–Crippen LogP) is 3.57. The number of aromatic nitrogens is 2. The van der Waals surface area contributed by atoms with E-state index in [1.165, 1.54) is 12.8 Å². The molecule has 0 aliphatic heterocycles. The van der Waals surface area contributed by atoms with E-state index in [0.29, 0.717) is 17.1 Å². The molecule has 0 radical (unpaired) electrons. The van der Waals surface area contributed by atoms with Crippen molar-refractivity contribution in [2.24, 2.45) is 11.3 Å². The van der Waals surface area contributed by atoms with Crippen LogP contribution in [0.4, 0.5) is 0 Å². The summed E-state index contributed by atoms with van der Waals surface area (Å²) >= 11 is 6.01. The Morgan fingerprint density at radius 2 is 2.05 bits per heavy atom. The van der Waals surface area contributed by atoms with Gasteiger partial charge in [-0.05, 0) is 36.3 Å². The summed E-state index contributed by atoms with van der Waals surface area (Å²) in [5.41, 5.74) is 1.03. The van der Waals surface area contributed by atoms with Gasteiger partial charge in [0, 0.05) is 6.54 Å². The second kappa shape index (κ2) is 4.88. The van der Waals surface area contributed by atoms with Gasteiger partial charge < -0.3 is 0 Å². The lowest BCUT2D eigenvalue weighted by Crippen LogP contribution is -2.30. The van der Waals surface area contributed by atoms with Crippen molar-refractivity contribution in [3.05, 3.63) is 40.4 Å². The van der Waals surface area contributed by atoms with Crippen LogP contribution in [0.25, 0.3) is 10.9 Å². The zero-order chi connectivity index (χ0) is 14.3. The highest BCUT2D eigenvalue weighted by atomic mass is 35.5. The van der Waals surface area contributed by atoms with E-state index in [9.17, 15) is 4.79 Å². The first kappa shape index (κ1) is 13.6. The van der Waals surface area contributed by atoms with Gasteiger partial charge >= 0.3 is 0 Å². The maximum absolute atomic E-state index is 12.7. The smallest absolute Gasteiger partial charge is 0.261 e. The maximum atomic E-state index is 12.7. The fourth-order valence-corrected chi connectivity index (χ4v) is 3.08. The van der Waals surface area contributed by atoms with Crippen molar-refractivity contribution in [2.75, 3.05) is 0 Å². The molecular formula is C16H19ClN2O. The number of para-hydroxylation sites is 1. The van der Waals surface area contributed by atoms with Crippen molar-refractivity contribution < 1.29 is 0 Å². The van der Waals surface area contributed by atoms with Gasteiger partial charge in [0.2, 0.25) is 0 Å². The van der Waals surface area contributed by atoms with Crippen molar-refractivity contribution in [3.8, 4) is 0 Å². The van der Waals surface area contributed by atoms with Crippen molar-refractivity contribution in [1.29, 1.82) is 0 Å². The van der Waals surface area contributed by atoms with Crippen LogP contribution < -0.4 is 5.56 Å². The Morgan fingerprint density at radius 3 is 2.65 bits per heavy atom. The summed E-state index contributed by atoms with van der Waals surface area (Å²) in [7, 11) is 0. The van der Waals surface area contributed by atoms with Crippen molar-refractivity contribution in [1.82, 2.24) is 9.55 Å². The molecule has 2 aromatic rings. The average Bonchev–Trinajstić information content (AvgIpc) is 3.23. The Kier molecular flexibility index (Phi) is 3.33. The van der Waals surface area contributed by atoms with E-state index in [1.54, 1.807) is 4.57 Å². The lowest BCUT2D eigenvalue weighted by atomic mass is 9.92. The number of fused-ring (bicyclic) bond motifs is 1. The fourth-order valence-electron chi connectivity index (χ4n) is 2.87. The number of rotatable bonds is 4. The zero-order valence-corrected chi connectivity index (χ0v) is 12.7. The molecule has 0 atom stereocenters. The standard InChI is InChI=1S/C16H19ClN2O/c1-11(2)16(7-8-16)10-19-14(9-17)18-13-6-4-3-5-12(13)15(19)20/h3-6,11H,7-10H2,1-2H3. The third-order valence-corrected chi connectivity index (χ3v) is 4.89. The summed E-state index contributed by atoms with van der Waals surface area (Å²) < 4.78 is 1.79. The molecule has 20 heavy (non-hydrogen) atoms. The Balaban J connectivity index is 2.14. The number of alkyl halides is 1. The van der Waals surface area contributed by atoms with E-state index in [2.05, 4.69) is 18.8 Å². The van der Waals surface area contributed by atoms with Crippen molar-refractivity contribution in [3.63, 3.8) is 0 Å². The molecule has 0 saturated heterocycles. The van der Waals surface area contributed by atoms with E-state index < -0.39 is 0 Å². The molecule has 0 spiro atoms. The number of nitrogens with zero attached hydrogens (tertiary/aromatic N) is 2. The molecule has 1 heterocycles. The molecule has 4 heteroatoms. The molecule has 1 fully saturated rings. The van der Waals surface area contributed by atoms with Gasteiger partial charge in [-0.25, -0.2) is 4.98 Å². The molecule has 3 nitrogen and oxygen atoms in total. The average molecular weight is 291 g/mol.